The first kappa shape index (κ1) is 25.6. The minimum Gasteiger partial charge on any atom is -0.495 e. The van der Waals surface area contributed by atoms with Crippen LogP contribution >= 0.6 is 0 Å². The molecule has 0 aliphatic rings. The summed E-state index contributed by atoms with van der Waals surface area (Å²) in [5, 5.41) is 14.9. The van der Waals surface area contributed by atoms with Crippen molar-refractivity contribution < 1.29 is 28.5 Å². The number of anilines is 2. The highest BCUT2D eigenvalue weighted by Crippen LogP contribution is 2.30. The Labute approximate surface area is 208 Å². The second-order valence-electron chi connectivity index (χ2n) is 7.27. The fourth-order valence-electron chi connectivity index (χ4n) is 3.22. The summed E-state index contributed by atoms with van der Waals surface area (Å²) in [4.78, 5) is 25.0. The number of nitriles is 1. The fourth-order valence-corrected chi connectivity index (χ4v) is 3.22. The summed E-state index contributed by atoms with van der Waals surface area (Å²) in [5.41, 5.74) is 1.38. The molecule has 0 spiro atoms. The minimum absolute atomic E-state index is 0.118. The van der Waals surface area contributed by atoms with Crippen LogP contribution in [0.15, 0.2) is 72.3 Å². The first-order chi connectivity index (χ1) is 17.5. The van der Waals surface area contributed by atoms with Crippen LogP contribution in [0.1, 0.15) is 5.56 Å². The van der Waals surface area contributed by atoms with E-state index in [9.17, 15) is 14.9 Å². The maximum atomic E-state index is 12.6. The summed E-state index contributed by atoms with van der Waals surface area (Å²) in [7, 11) is 4.45. The summed E-state index contributed by atoms with van der Waals surface area (Å²) >= 11 is 0. The van der Waals surface area contributed by atoms with Crippen molar-refractivity contribution in [3.05, 3.63) is 77.9 Å². The van der Waals surface area contributed by atoms with Gasteiger partial charge in [-0.05, 0) is 48.0 Å². The molecule has 0 atom stereocenters. The zero-order chi connectivity index (χ0) is 25.9. The van der Waals surface area contributed by atoms with Gasteiger partial charge >= 0.3 is 0 Å². The highest BCUT2D eigenvalue weighted by Gasteiger charge is 2.14. The largest absolute Gasteiger partial charge is 0.495 e. The van der Waals surface area contributed by atoms with Gasteiger partial charge in [-0.15, -0.1) is 0 Å². The van der Waals surface area contributed by atoms with E-state index in [1.54, 1.807) is 66.7 Å². The highest BCUT2D eigenvalue weighted by molar-refractivity contribution is 6.10. The van der Waals surface area contributed by atoms with Crippen molar-refractivity contribution in [1.29, 1.82) is 5.26 Å². The molecular formula is C27H25N3O6. The number of nitrogens with zero attached hydrogens (tertiary/aromatic N) is 1. The normalized spacial score (nSPS) is 10.6. The quantitative estimate of drug-likeness (QED) is 0.324. The van der Waals surface area contributed by atoms with Crippen LogP contribution in [0.5, 0.6) is 23.0 Å². The van der Waals surface area contributed by atoms with E-state index in [2.05, 4.69) is 10.6 Å². The summed E-state index contributed by atoms with van der Waals surface area (Å²) in [6.07, 6.45) is 1.42. The highest BCUT2D eigenvalue weighted by atomic mass is 16.5. The van der Waals surface area contributed by atoms with Gasteiger partial charge in [0.15, 0.2) is 18.1 Å². The third-order valence-electron chi connectivity index (χ3n) is 4.96. The van der Waals surface area contributed by atoms with Gasteiger partial charge in [-0.25, -0.2) is 0 Å². The van der Waals surface area contributed by atoms with Crippen LogP contribution < -0.4 is 29.6 Å². The van der Waals surface area contributed by atoms with Gasteiger partial charge in [-0.2, -0.15) is 5.26 Å². The Bertz CT molecular complexity index is 1310. The van der Waals surface area contributed by atoms with E-state index in [0.717, 1.165) is 0 Å². The third kappa shape index (κ3) is 6.55. The summed E-state index contributed by atoms with van der Waals surface area (Å²) in [6.45, 7) is -0.269. The standard InChI is InChI=1S/C27H25N3O6/c1-33-22-10-6-4-8-20(22)29-26(31)17-36-24-13-12-18(15-25(24)35-3)14-19(16-28)27(32)30-21-9-5-7-11-23(21)34-2/h4-15H,17H2,1-3H3,(H,29,31)(H,30,32)/b19-14+. The molecule has 0 saturated carbocycles. The van der Waals surface area contributed by atoms with Crippen LogP contribution in [-0.2, 0) is 9.59 Å². The number of benzene rings is 3. The van der Waals surface area contributed by atoms with Crippen molar-refractivity contribution in [2.75, 3.05) is 38.6 Å². The van der Waals surface area contributed by atoms with Crippen molar-refractivity contribution >= 4 is 29.3 Å². The van der Waals surface area contributed by atoms with E-state index in [1.807, 2.05) is 6.07 Å². The smallest absolute Gasteiger partial charge is 0.266 e. The number of hydrogen-bond acceptors (Lipinski definition) is 7. The fraction of sp³-hybridized carbons (Fsp3) is 0.148. The predicted molar refractivity (Wildman–Crippen MR) is 135 cm³/mol. The number of carbonyl (C=O) groups excluding carboxylic acids is 2. The Hall–Kier alpha value is -4.97. The second kappa shape index (κ2) is 12.5. The maximum Gasteiger partial charge on any atom is 0.266 e. The van der Waals surface area contributed by atoms with E-state index < -0.39 is 5.91 Å². The van der Waals surface area contributed by atoms with Gasteiger partial charge in [-0.1, -0.05) is 30.3 Å². The molecule has 9 nitrogen and oxygen atoms in total. The first-order valence-electron chi connectivity index (χ1n) is 10.8. The van der Waals surface area contributed by atoms with E-state index in [4.69, 9.17) is 18.9 Å². The monoisotopic (exact) mass is 487 g/mol. The number of amides is 2. The second-order valence-corrected chi connectivity index (χ2v) is 7.27. The molecule has 3 aromatic rings. The lowest BCUT2D eigenvalue weighted by Gasteiger charge is -2.13. The first-order valence-corrected chi connectivity index (χ1v) is 10.8. The lowest BCUT2D eigenvalue weighted by atomic mass is 10.1. The van der Waals surface area contributed by atoms with Crippen molar-refractivity contribution in [3.8, 4) is 29.1 Å². The minimum atomic E-state index is -0.589. The van der Waals surface area contributed by atoms with Gasteiger partial charge in [0, 0.05) is 0 Å². The van der Waals surface area contributed by atoms with Crippen LogP contribution in [0.25, 0.3) is 6.08 Å². The molecule has 2 amide bonds. The van der Waals surface area contributed by atoms with Crippen LogP contribution in [0.3, 0.4) is 0 Å². The average Bonchev–Trinajstić information content (AvgIpc) is 2.91. The van der Waals surface area contributed by atoms with E-state index in [0.29, 0.717) is 39.9 Å². The molecule has 2 N–H and O–H groups in total. The predicted octanol–water partition coefficient (Wildman–Crippen LogP) is 4.28. The van der Waals surface area contributed by atoms with Crippen LogP contribution in [-0.4, -0.2) is 39.8 Å². The number of ether oxygens (including phenoxy) is 4. The molecule has 0 aliphatic heterocycles. The number of hydrogen-bond donors (Lipinski definition) is 2. The molecule has 3 rings (SSSR count). The molecule has 0 bridgehead atoms. The topological polar surface area (TPSA) is 119 Å². The van der Waals surface area contributed by atoms with Gasteiger partial charge in [0.05, 0.1) is 32.7 Å². The number of carbonyl (C=O) groups is 2. The molecule has 184 valence electrons. The molecule has 3 aromatic carbocycles. The van der Waals surface area contributed by atoms with Gasteiger partial charge in [0.2, 0.25) is 0 Å². The maximum absolute atomic E-state index is 12.6. The zero-order valence-corrected chi connectivity index (χ0v) is 20.0. The molecule has 0 radical (unpaired) electrons. The van der Waals surface area contributed by atoms with Crippen molar-refractivity contribution in [2.24, 2.45) is 0 Å². The van der Waals surface area contributed by atoms with Crippen LogP contribution in [0, 0.1) is 11.3 Å². The van der Waals surface area contributed by atoms with Gasteiger partial charge in [0.1, 0.15) is 23.1 Å². The van der Waals surface area contributed by atoms with Crippen molar-refractivity contribution in [3.63, 3.8) is 0 Å². The summed E-state index contributed by atoms with van der Waals surface area (Å²) in [6, 6.07) is 20.7. The lowest BCUT2D eigenvalue weighted by molar-refractivity contribution is -0.118. The van der Waals surface area contributed by atoms with Gasteiger partial charge in [0.25, 0.3) is 11.8 Å². The third-order valence-corrected chi connectivity index (χ3v) is 4.96. The Balaban J connectivity index is 1.70. The molecular weight excluding hydrogens is 462 g/mol. The Kier molecular flexibility index (Phi) is 8.89. The number of methoxy groups -OCH3 is 3. The molecule has 0 heterocycles. The number of rotatable bonds is 10. The van der Waals surface area contributed by atoms with Crippen molar-refractivity contribution in [2.45, 2.75) is 0 Å². The summed E-state index contributed by atoms with van der Waals surface area (Å²) < 4.78 is 21.4. The molecule has 0 unspecified atom stereocenters. The lowest BCUT2D eigenvalue weighted by Crippen LogP contribution is -2.20. The van der Waals surface area contributed by atoms with E-state index in [-0.39, 0.29) is 18.1 Å². The van der Waals surface area contributed by atoms with Gasteiger partial charge in [-0.3, -0.25) is 9.59 Å². The van der Waals surface area contributed by atoms with Crippen molar-refractivity contribution in [1.82, 2.24) is 0 Å². The van der Waals surface area contributed by atoms with E-state index >= 15 is 0 Å². The molecule has 0 aromatic heterocycles. The molecule has 0 saturated heterocycles. The van der Waals surface area contributed by atoms with E-state index in [1.165, 1.54) is 27.4 Å². The number of nitrogens with one attached hydrogen (secondary N) is 2. The number of para-hydroxylation sites is 4. The zero-order valence-electron chi connectivity index (χ0n) is 20.0. The SMILES string of the molecule is COc1ccccc1NC(=O)COc1ccc(/C=C(\C#N)C(=O)Nc2ccccc2OC)cc1OC. The Morgan fingerprint density at radius 3 is 1.97 bits per heavy atom. The molecule has 36 heavy (non-hydrogen) atoms. The average molecular weight is 488 g/mol. The van der Waals surface area contributed by atoms with Gasteiger partial charge < -0.3 is 29.6 Å². The molecule has 9 heteroatoms. The summed E-state index contributed by atoms with van der Waals surface area (Å²) in [5.74, 6) is 0.682. The Morgan fingerprint density at radius 2 is 1.39 bits per heavy atom. The molecule has 0 fully saturated rings. The van der Waals surface area contributed by atoms with Crippen LogP contribution in [0.2, 0.25) is 0 Å². The Morgan fingerprint density at radius 1 is 0.806 bits per heavy atom. The van der Waals surface area contributed by atoms with Crippen LogP contribution in [0.4, 0.5) is 11.4 Å². The molecule has 0 aliphatic carbocycles.